The molecule has 0 aliphatic heterocycles. The number of benzene rings is 2. The number of ether oxygens (including phenoxy) is 1. The minimum absolute atomic E-state index is 0.0481. The second-order valence-corrected chi connectivity index (χ2v) is 7.11. The molecule has 160 valence electrons. The van der Waals surface area contributed by atoms with Gasteiger partial charge in [0.05, 0.1) is 16.9 Å². The van der Waals surface area contributed by atoms with Crippen molar-refractivity contribution in [2.45, 2.75) is 38.5 Å². The Morgan fingerprint density at radius 3 is 2.33 bits per heavy atom. The van der Waals surface area contributed by atoms with E-state index >= 15 is 0 Å². The molecule has 0 fully saturated rings. The van der Waals surface area contributed by atoms with Crippen LogP contribution in [0.15, 0.2) is 36.4 Å². The Hall–Kier alpha value is -2.81. The van der Waals surface area contributed by atoms with Crippen LogP contribution >= 0.6 is 0 Å². The average Bonchev–Trinajstić information content (AvgIpc) is 2.64. The van der Waals surface area contributed by atoms with Crippen LogP contribution in [0.1, 0.15) is 31.0 Å². The minimum Gasteiger partial charge on any atom is -0.455 e. The molecule has 0 bridgehead atoms. The van der Waals surface area contributed by atoms with Crippen LogP contribution in [-0.2, 0) is 5.60 Å². The fraction of sp³-hybridized carbons (Fsp3) is 0.286. The van der Waals surface area contributed by atoms with E-state index in [0.717, 1.165) is 19.1 Å². The summed E-state index contributed by atoms with van der Waals surface area (Å²) in [5.41, 5.74) is -2.71. The van der Waals surface area contributed by atoms with Gasteiger partial charge in [0.25, 0.3) is 0 Å². The van der Waals surface area contributed by atoms with Crippen molar-refractivity contribution in [3.05, 3.63) is 65.1 Å². The topological polar surface area (TPSA) is 42.4 Å². The van der Waals surface area contributed by atoms with E-state index in [1.165, 1.54) is 31.2 Å². The summed E-state index contributed by atoms with van der Waals surface area (Å²) >= 11 is 0. The van der Waals surface area contributed by atoms with Crippen LogP contribution in [0.5, 0.6) is 11.5 Å². The molecule has 9 heteroatoms. The predicted molar refractivity (Wildman–Crippen MR) is 97.7 cm³/mol. The largest absolute Gasteiger partial charge is 0.455 e. The number of aromatic nitrogens is 1. The van der Waals surface area contributed by atoms with Gasteiger partial charge in [-0.25, -0.2) is 18.2 Å². The smallest absolute Gasteiger partial charge is 0.389 e. The Bertz CT molecular complexity index is 1100. The highest BCUT2D eigenvalue weighted by Crippen LogP contribution is 2.40. The molecule has 0 saturated heterocycles. The van der Waals surface area contributed by atoms with Gasteiger partial charge in [0.2, 0.25) is 0 Å². The number of hydrogen-bond donors (Lipinski definition) is 1. The van der Waals surface area contributed by atoms with Crippen molar-refractivity contribution in [1.82, 2.24) is 4.98 Å². The number of nitrogens with zero attached hydrogens (tertiary/aromatic N) is 1. The van der Waals surface area contributed by atoms with E-state index in [9.17, 15) is 31.4 Å². The van der Waals surface area contributed by atoms with Gasteiger partial charge < -0.3 is 9.84 Å². The van der Waals surface area contributed by atoms with Crippen LogP contribution in [0.4, 0.5) is 26.3 Å². The minimum atomic E-state index is -4.53. The lowest BCUT2D eigenvalue weighted by atomic mass is 9.89. The second-order valence-electron chi connectivity index (χ2n) is 7.11. The zero-order chi connectivity index (χ0) is 22.3. The standard InChI is InChI=1S/C21H17F6NO2/c1-11-16(10-12-6-7-14(23)18(24)19(12)28-11)30-15-5-3-4-13(22)17(15)20(2,29)8-9-21(25,26)27/h3-7,10,29H,8-9H2,1-2H3. The maximum atomic E-state index is 14.5. The lowest BCUT2D eigenvalue weighted by molar-refractivity contribution is -0.146. The fourth-order valence-electron chi connectivity index (χ4n) is 3.10. The van der Waals surface area contributed by atoms with Crippen LogP contribution in [-0.4, -0.2) is 16.3 Å². The molecule has 0 saturated carbocycles. The highest BCUT2D eigenvalue weighted by Gasteiger charge is 2.36. The lowest BCUT2D eigenvalue weighted by Gasteiger charge is -2.27. The molecule has 0 radical (unpaired) electrons. The molecule has 3 rings (SSSR count). The molecular weight excluding hydrogens is 412 g/mol. The van der Waals surface area contributed by atoms with Crippen molar-refractivity contribution in [3.63, 3.8) is 0 Å². The third-order valence-corrected chi connectivity index (χ3v) is 4.65. The van der Waals surface area contributed by atoms with Crippen LogP contribution in [0.25, 0.3) is 10.9 Å². The summed E-state index contributed by atoms with van der Waals surface area (Å²) < 4.78 is 85.3. The van der Waals surface area contributed by atoms with E-state index < -0.39 is 47.6 Å². The van der Waals surface area contributed by atoms with Crippen LogP contribution < -0.4 is 4.74 Å². The number of alkyl halides is 3. The fourth-order valence-corrected chi connectivity index (χ4v) is 3.10. The molecule has 1 aromatic heterocycles. The molecule has 1 heterocycles. The molecule has 1 atom stereocenters. The summed E-state index contributed by atoms with van der Waals surface area (Å²) in [6, 6.07) is 7.09. The number of rotatable bonds is 5. The quantitative estimate of drug-likeness (QED) is 0.484. The molecule has 2 aromatic carbocycles. The molecular formula is C21H17F6NO2. The molecule has 0 spiro atoms. The first-order valence-electron chi connectivity index (χ1n) is 8.90. The van der Waals surface area contributed by atoms with Crippen molar-refractivity contribution in [3.8, 4) is 11.5 Å². The molecule has 3 nitrogen and oxygen atoms in total. The monoisotopic (exact) mass is 429 g/mol. The normalized spacial score (nSPS) is 14.0. The van der Waals surface area contributed by atoms with Crippen molar-refractivity contribution in [2.24, 2.45) is 0 Å². The number of aliphatic hydroxyl groups is 1. The van der Waals surface area contributed by atoms with Crippen LogP contribution in [0.3, 0.4) is 0 Å². The first-order valence-corrected chi connectivity index (χ1v) is 8.90. The van der Waals surface area contributed by atoms with E-state index in [0.29, 0.717) is 0 Å². The van der Waals surface area contributed by atoms with Gasteiger partial charge in [-0.15, -0.1) is 0 Å². The number of hydrogen-bond acceptors (Lipinski definition) is 3. The van der Waals surface area contributed by atoms with Gasteiger partial charge in [-0.2, -0.15) is 13.2 Å². The third kappa shape index (κ3) is 4.51. The summed E-state index contributed by atoms with van der Waals surface area (Å²) in [7, 11) is 0. The Morgan fingerprint density at radius 1 is 0.967 bits per heavy atom. The maximum Gasteiger partial charge on any atom is 0.389 e. The first-order chi connectivity index (χ1) is 13.9. The summed E-state index contributed by atoms with van der Waals surface area (Å²) in [4.78, 5) is 3.97. The molecule has 30 heavy (non-hydrogen) atoms. The van der Waals surface area contributed by atoms with Gasteiger partial charge in [-0.1, -0.05) is 6.07 Å². The molecule has 3 aromatic rings. The SMILES string of the molecule is Cc1nc2c(F)c(F)ccc2cc1Oc1cccc(F)c1C(C)(O)CCC(F)(F)F. The van der Waals surface area contributed by atoms with E-state index in [1.54, 1.807) is 0 Å². The first kappa shape index (κ1) is 21.9. The number of aryl methyl sites for hydroxylation is 1. The Morgan fingerprint density at radius 2 is 1.67 bits per heavy atom. The molecule has 1 N–H and O–H groups in total. The van der Waals surface area contributed by atoms with Gasteiger partial charge in [0.15, 0.2) is 11.6 Å². The lowest BCUT2D eigenvalue weighted by Crippen LogP contribution is -2.26. The van der Waals surface area contributed by atoms with Crippen LogP contribution in [0.2, 0.25) is 0 Å². The van der Waals surface area contributed by atoms with E-state index in [1.807, 2.05) is 0 Å². The zero-order valence-corrected chi connectivity index (χ0v) is 15.9. The average molecular weight is 429 g/mol. The highest BCUT2D eigenvalue weighted by atomic mass is 19.4. The van der Waals surface area contributed by atoms with Crippen molar-refractivity contribution in [1.29, 1.82) is 0 Å². The van der Waals surface area contributed by atoms with Gasteiger partial charge in [0, 0.05) is 11.8 Å². The van der Waals surface area contributed by atoms with Crippen molar-refractivity contribution >= 4 is 10.9 Å². The van der Waals surface area contributed by atoms with Gasteiger partial charge >= 0.3 is 6.18 Å². The third-order valence-electron chi connectivity index (χ3n) is 4.65. The van der Waals surface area contributed by atoms with Gasteiger partial charge in [-0.05, 0) is 50.6 Å². The van der Waals surface area contributed by atoms with Gasteiger partial charge in [0.1, 0.15) is 22.8 Å². The van der Waals surface area contributed by atoms with Crippen LogP contribution in [0, 0.1) is 24.4 Å². The van der Waals surface area contributed by atoms with Crippen molar-refractivity contribution < 1.29 is 36.2 Å². The number of pyridine rings is 1. The maximum absolute atomic E-state index is 14.5. The summed E-state index contributed by atoms with van der Waals surface area (Å²) in [6.45, 7) is 2.51. The highest BCUT2D eigenvalue weighted by molar-refractivity contribution is 5.81. The molecule has 0 aliphatic carbocycles. The van der Waals surface area contributed by atoms with Crippen molar-refractivity contribution in [2.75, 3.05) is 0 Å². The number of halogens is 6. The number of fused-ring (bicyclic) bond motifs is 1. The molecule has 0 amide bonds. The second kappa shape index (κ2) is 7.79. The Kier molecular flexibility index (Phi) is 5.68. The zero-order valence-electron chi connectivity index (χ0n) is 15.9. The van der Waals surface area contributed by atoms with E-state index in [2.05, 4.69) is 4.98 Å². The Balaban J connectivity index is 2.03. The molecule has 1 unspecified atom stereocenters. The summed E-state index contributed by atoms with van der Waals surface area (Å²) in [5, 5.41) is 10.8. The van der Waals surface area contributed by atoms with Gasteiger partial charge in [-0.3, -0.25) is 0 Å². The van der Waals surface area contributed by atoms with E-state index in [4.69, 9.17) is 4.74 Å². The molecule has 0 aliphatic rings. The van der Waals surface area contributed by atoms with E-state index in [-0.39, 0.29) is 28.1 Å². The summed E-state index contributed by atoms with van der Waals surface area (Å²) in [5.74, 6) is -3.32. The Labute approximate surface area is 167 Å². The summed E-state index contributed by atoms with van der Waals surface area (Å²) in [6.07, 6.45) is -6.64. The predicted octanol–water partition coefficient (Wildman–Crippen LogP) is 6.30.